The molecule has 1 aromatic rings. The van der Waals surface area contributed by atoms with Crippen LogP contribution in [0.4, 0.5) is 8.78 Å². The molecular formula is C16H20F2N2O3. The first-order chi connectivity index (χ1) is 10.9. The minimum atomic E-state index is -3.72. The Hall–Kier alpha value is -1.89. The number of benzene rings is 1. The van der Waals surface area contributed by atoms with Gasteiger partial charge in [-0.3, -0.25) is 4.79 Å². The first-order valence-electron chi connectivity index (χ1n) is 7.72. The molecule has 3 rings (SSSR count). The van der Waals surface area contributed by atoms with Crippen molar-refractivity contribution >= 4 is 5.91 Å². The number of fused-ring (bicyclic) bond motifs is 1. The van der Waals surface area contributed by atoms with Gasteiger partial charge in [-0.2, -0.15) is 0 Å². The van der Waals surface area contributed by atoms with Gasteiger partial charge in [-0.15, -0.1) is 8.78 Å². The predicted molar refractivity (Wildman–Crippen MR) is 79.9 cm³/mol. The molecule has 0 spiro atoms. The Labute approximate surface area is 133 Å². The summed E-state index contributed by atoms with van der Waals surface area (Å²) in [5.74, 6) is -0.565. The van der Waals surface area contributed by atoms with Crippen molar-refractivity contribution in [1.82, 2.24) is 9.80 Å². The molecular weight excluding hydrogens is 306 g/mol. The summed E-state index contributed by atoms with van der Waals surface area (Å²) in [4.78, 5) is 16.6. The fraction of sp³-hybridized carbons (Fsp3) is 0.562. The highest BCUT2D eigenvalue weighted by atomic mass is 19.3. The lowest BCUT2D eigenvalue weighted by Crippen LogP contribution is -2.42. The van der Waals surface area contributed by atoms with Gasteiger partial charge in [0.05, 0.1) is 5.56 Å². The van der Waals surface area contributed by atoms with Crippen LogP contribution in [-0.4, -0.2) is 55.2 Å². The van der Waals surface area contributed by atoms with Gasteiger partial charge < -0.3 is 19.3 Å². The van der Waals surface area contributed by atoms with Crippen LogP contribution in [0.2, 0.25) is 0 Å². The summed E-state index contributed by atoms with van der Waals surface area (Å²) >= 11 is 0. The predicted octanol–water partition coefficient (Wildman–Crippen LogP) is 2.56. The monoisotopic (exact) mass is 326 g/mol. The molecule has 1 aromatic carbocycles. The number of alkyl halides is 2. The number of likely N-dealkylation sites (N-methyl/N-ethyl adjacent to an activating group) is 1. The third kappa shape index (κ3) is 3.24. The molecule has 2 heterocycles. The molecule has 7 heteroatoms. The Kier molecular flexibility index (Phi) is 4.14. The van der Waals surface area contributed by atoms with Crippen LogP contribution in [0, 0.1) is 0 Å². The van der Waals surface area contributed by atoms with E-state index in [1.807, 2.05) is 14.1 Å². The van der Waals surface area contributed by atoms with Gasteiger partial charge in [-0.1, -0.05) is 12.5 Å². The molecule has 1 saturated heterocycles. The Balaban J connectivity index is 1.85. The number of carbonyl (C=O) groups excluding carboxylic acids is 1. The van der Waals surface area contributed by atoms with Gasteiger partial charge in [0.25, 0.3) is 5.91 Å². The van der Waals surface area contributed by atoms with E-state index in [0.717, 1.165) is 19.3 Å². The largest absolute Gasteiger partial charge is 0.586 e. The zero-order chi connectivity index (χ0) is 16.6. The minimum absolute atomic E-state index is 0.0974. The topological polar surface area (TPSA) is 42.0 Å². The third-order valence-electron chi connectivity index (χ3n) is 4.32. The lowest BCUT2D eigenvalue weighted by molar-refractivity contribution is -0.286. The van der Waals surface area contributed by atoms with E-state index < -0.39 is 6.29 Å². The molecule has 1 fully saturated rings. The normalized spacial score (nSPS) is 23.0. The van der Waals surface area contributed by atoms with E-state index in [-0.39, 0.29) is 29.0 Å². The van der Waals surface area contributed by atoms with E-state index >= 15 is 0 Å². The number of amides is 1. The fourth-order valence-electron chi connectivity index (χ4n) is 3.03. The highest BCUT2D eigenvalue weighted by molar-refractivity contribution is 5.98. The van der Waals surface area contributed by atoms with E-state index in [0.29, 0.717) is 13.1 Å². The van der Waals surface area contributed by atoms with E-state index in [2.05, 4.69) is 14.4 Å². The van der Waals surface area contributed by atoms with E-state index in [4.69, 9.17) is 0 Å². The molecule has 2 aliphatic heterocycles. The lowest BCUT2D eigenvalue weighted by atomic mass is 10.1. The van der Waals surface area contributed by atoms with Crippen molar-refractivity contribution < 1.29 is 23.0 Å². The van der Waals surface area contributed by atoms with Gasteiger partial charge in [-0.25, -0.2) is 0 Å². The van der Waals surface area contributed by atoms with Crippen LogP contribution in [0.1, 0.15) is 29.6 Å². The molecule has 0 saturated carbocycles. The fourth-order valence-corrected chi connectivity index (χ4v) is 3.03. The SMILES string of the molecule is CN(C)C1CCCCN(C(=O)c2cccc3c2OC(F)(F)O3)C1. The maximum Gasteiger partial charge on any atom is 0.586 e. The summed E-state index contributed by atoms with van der Waals surface area (Å²) in [6.45, 7) is 1.19. The number of hydrogen-bond acceptors (Lipinski definition) is 4. The smallest absolute Gasteiger partial charge is 0.395 e. The number of ether oxygens (including phenoxy) is 2. The number of halogens is 2. The number of likely N-dealkylation sites (tertiary alicyclic amines) is 1. The Bertz CT molecular complexity index is 607. The number of para-hydroxylation sites is 1. The summed E-state index contributed by atoms with van der Waals surface area (Å²) < 4.78 is 35.5. The van der Waals surface area contributed by atoms with Crippen molar-refractivity contribution in [2.24, 2.45) is 0 Å². The van der Waals surface area contributed by atoms with Crippen molar-refractivity contribution in [3.05, 3.63) is 23.8 Å². The van der Waals surface area contributed by atoms with Gasteiger partial charge in [0, 0.05) is 19.1 Å². The minimum Gasteiger partial charge on any atom is -0.395 e. The van der Waals surface area contributed by atoms with Crippen LogP contribution < -0.4 is 9.47 Å². The molecule has 0 bridgehead atoms. The van der Waals surface area contributed by atoms with E-state index in [9.17, 15) is 13.6 Å². The van der Waals surface area contributed by atoms with Crippen LogP contribution in [0.15, 0.2) is 18.2 Å². The first kappa shape index (κ1) is 16.0. The summed E-state index contributed by atoms with van der Waals surface area (Å²) in [6, 6.07) is 4.66. The van der Waals surface area contributed by atoms with Gasteiger partial charge in [0.15, 0.2) is 11.5 Å². The van der Waals surface area contributed by atoms with Crippen molar-refractivity contribution in [2.75, 3.05) is 27.2 Å². The maximum atomic E-state index is 13.3. The summed E-state index contributed by atoms with van der Waals surface area (Å²) in [5.41, 5.74) is 0.124. The molecule has 0 aliphatic carbocycles. The Morgan fingerprint density at radius 3 is 2.83 bits per heavy atom. The Morgan fingerprint density at radius 2 is 2.09 bits per heavy atom. The summed E-state index contributed by atoms with van der Waals surface area (Å²) in [5, 5.41) is 0. The molecule has 23 heavy (non-hydrogen) atoms. The quantitative estimate of drug-likeness (QED) is 0.838. The van der Waals surface area contributed by atoms with Crippen molar-refractivity contribution in [1.29, 1.82) is 0 Å². The number of hydrogen-bond donors (Lipinski definition) is 0. The highest BCUT2D eigenvalue weighted by Gasteiger charge is 2.45. The van der Waals surface area contributed by atoms with Crippen LogP contribution in [0.5, 0.6) is 11.5 Å². The summed E-state index contributed by atoms with van der Waals surface area (Å²) in [6.07, 6.45) is -0.763. The average molecular weight is 326 g/mol. The maximum absolute atomic E-state index is 13.3. The second-order valence-corrected chi connectivity index (χ2v) is 6.16. The standard InChI is InChI=1S/C16H20F2N2O3/c1-19(2)11-6-3-4-9-20(10-11)15(21)12-7-5-8-13-14(12)23-16(17,18)22-13/h5,7-8,11H,3-4,6,9-10H2,1-2H3. The van der Waals surface area contributed by atoms with Crippen LogP contribution in [0.25, 0.3) is 0 Å². The molecule has 0 N–H and O–H groups in total. The second kappa shape index (κ2) is 5.96. The third-order valence-corrected chi connectivity index (χ3v) is 4.32. The zero-order valence-electron chi connectivity index (χ0n) is 13.2. The molecule has 2 aliphatic rings. The van der Waals surface area contributed by atoms with Crippen LogP contribution in [0.3, 0.4) is 0 Å². The number of nitrogens with zero attached hydrogens (tertiary/aromatic N) is 2. The van der Waals surface area contributed by atoms with Gasteiger partial charge in [0.1, 0.15) is 0 Å². The van der Waals surface area contributed by atoms with Gasteiger partial charge >= 0.3 is 6.29 Å². The lowest BCUT2D eigenvalue weighted by Gasteiger charge is -2.28. The molecule has 1 amide bonds. The van der Waals surface area contributed by atoms with E-state index in [1.165, 1.54) is 18.2 Å². The molecule has 1 unspecified atom stereocenters. The van der Waals surface area contributed by atoms with Crippen LogP contribution in [-0.2, 0) is 0 Å². The van der Waals surface area contributed by atoms with Crippen molar-refractivity contribution in [3.63, 3.8) is 0 Å². The summed E-state index contributed by atoms with van der Waals surface area (Å²) in [7, 11) is 3.97. The second-order valence-electron chi connectivity index (χ2n) is 6.16. The van der Waals surface area contributed by atoms with Crippen molar-refractivity contribution in [3.8, 4) is 11.5 Å². The molecule has 0 radical (unpaired) electrons. The first-order valence-corrected chi connectivity index (χ1v) is 7.72. The highest BCUT2D eigenvalue weighted by Crippen LogP contribution is 2.43. The van der Waals surface area contributed by atoms with Gasteiger partial charge in [0.2, 0.25) is 0 Å². The van der Waals surface area contributed by atoms with E-state index in [1.54, 1.807) is 4.90 Å². The van der Waals surface area contributed by atoms with Gasteiger partial charge in [-0.05, 0) is 39.1 Å². The molecule has 5 nitrogen and oxygen atoms in total. The zero-order valence-corrected chi connectivity index (χ0v) is 13.2. The molecule has 1 atom stereocenters. The van der Waals surface area contributed by atoms with Crippen LogP contribution >= 0.6 is 0 Å². The number of carbonyl (C=O) groups is 1. The molecule has 0 aromatic heterocycles. The number of rotatable bonds is 2. The molecule has 126 valence electrons. The Morgan fingerprint density at radius 1 is 1.30 bits per heavy atom. The van der Waals surface area contributed by atoms with Crippen molar-refractivity contribution in [2.45, 2.75) is 31.6 Å². The average Bonchev–Trinajstić information content (AvgIpc) is 2.67.